The molecule has 1 heterocycles. The maximum Gasteiger partial charge on any atom is 0.387 e. The molecule has 0 radical (unpaired) electrons. The predicted octanol–water partition coefficient (Wildman–Crippen LogP) is 1.97. The van der Waals surface area contributed by atoms with Crippen molar-refractivity contribution in [3.63, 3.8) is 0 Å². The van der Waals surface area contributed by atoms with E-state index in [-0.39, 0.29) is 47.0 Å². The third-order valence-corrected chi connectivity index (χ3v) is 5.11. The lowest BCUT2D eigenvalue weighted by Crippen LogP contribution is -2.46. The fourth-order valence-corrected chi connectivity index (χ4v) is 3.53. The van der Waals surface area contributed by atoms with E-state index in [2.05, 4.69) is 19.7 Å². The molecular formula is C13H20Cl3F2N3O3S. The number of rotatable bonds is 7. The van der Waals surface area contributed by atoms with Crippen molar-refractivity contribution in [1.29, 1.82) is 0 Å². The van der Waals surface area contributed by atoms with Crippen LogP contribution < -0.4 is 14.8 Å². The van der Waals surface area contributed by atoms with Crippen LogP contribution >= 0.6 is 36.4 Å². The van der Waals surface area contributed by atoms with E-state index < -0.39 is 16.6 Å². The van der Waals surface area contributed by atoms with Crippen LogP contribution in [0.1, 0.15) is 0 Å². The van der Waals surface area contributed by atoms with Crippen LogP contribution in [0.5, 0.6) is 5.75 Å². The van der Waals surface area contributed by atoms with E-state index in [9.17, 15) is 17.2 Å². The van der Waals surface area contributed by atoms with Crippen LogP contribution in [0.25, 0.3) is 0 Å². The number of hydrogen-bond acceptors (Lipinski definition) is 5. The molecule has 2 rings (SSSR count). The minimum absolute atomic E-state index is 0. The number of nitrogens with one attached hydrogen (secondary N) is 2. The van der Waals surface area contributed by atoms with Gasteiger partial charge in [0, 0.05) is 39.3 Å². The second-order valence-corrected chi connectivity index (χ2v) is 7.13. The number of sulfonamides is 1. The van der Waals surface area contributed by atoms with Gasteiger partial charge in [0.2, 0.25) is 10.0 Å². The van der Waals surface area contributed by atoms with Gasteiger partial charge in [-0.1, -0.05) is 11.6 Å². The average Bonchev–Trinajstić information content (AvgIpc) is 2.49. The third kappa shape index (κ3) is 7.78. The second kappa shape index (κ2) is 11.3. The van der Waals surface area contributed by atoms with E-state index in [1.807, 2.05) is 0 Å². The second-order valence-electron chi connectivity index (χ2n) is 4.96. The molecule has 0 aliphatic carbocycles. The summed E-state index contributed by atoms with van der Waals surface area (Å²) in [6, 6.07) is 3.38. The summed E-state index contributed by atoms with van der Waals surface area (Å²) in [5, 5.41) is 3.03. The van der Waals surface area contributed by atoms with Gasteiger partial charge in [0.25, 0.3) is 0 Å². The third-order valence-electron chi connectivity index (χ3n) is 3.36. The van der Waals surface area contributed by atoms with Crippen molar-refractivity contribution in [2.45, 2.75) is 11.5 Å². The molecule has 6 nitrogen and oxygen atoms in total. The van der Waals surface area contributed by atoms with E-state index in [0.717, 1.165) is 38.3 Å². The van der Waals surface area contributed by atoms with Gasteiger partial charge in [-0.3, -0.25) is 4.90 Å². The summed E-state index contributed by atoms with van der Waals surface area (Å²) in [5.41, 5.74) is 0. The quantitative estimate of drug-likeness (QED) is 0.676. The summed E-state index contributed by atoms with van der Waals surface area (Å²) < 4.78 is 55.3. The number of halogens is 5. The molecule has 0 amide bonds. The van der Waals surface area contributed by atoms with Crippen molar-refractivity contribution in [1.82, 2.24) is 14.9 Å². The molecule has 0 atom stereocenters. The van der Waals surface area contributed by atoms with Crippen molar-refractivity contribution in [2.75, 3.05) is 39.3 Å². The Kier molecular flexibility index (Phi) is 11.1. The first-order valence-corrected chi connectivity index (χ1v) is 8.92. The highest BCUT2D eigenvalue weighted by Crippen LogP contribution is 2.28. The van der Waals surface area contributed by atoms with Gasteiger partial charge in [-0.25, -0.2) is 13.1 Å². The van der Waals surface area contributed by atoms with Crippen LogP contribution in [0.4, 0.5) is 8.78 Å². The fraction of sp³-hybridized carbons (Fsp3) is 0.538. The lowest BCUT2D eigenvalue weighted by molar-refractivity contribution is -0.0498. The zero-order valence-corrected chi connectivity index (χ0v) is 16.3. The number of ether oxygens (including phenoxy) is 1. The minimum atomic E-state index is -3.75. The fourth-order valence-electron chi connectivity index (χ4n) is 2.20. The van der Waals surface area contributed by atoms with Gasteiger partial charge in [-0.2, -0.15) is 8.78 Å². The molecule has 0 saturated carbocycles. The van der Waals surface area contributed by atoms with Gasteiger partial charge in [-0.15, -0.1) is 24.8 Å². The zero-order chi connectivity index (χ0) is 16.9. The molecule has 1 fully saturated rings. The first kappa shape index (κ1) is 24.6. The summed E-state index contributed by atoms with van der Waals surface area (Å²) >= 11 is 5.77. The molecule has 0 bridgehead atoms. The monoisotopic (exact) mass is 441 g/mol. The standard InChI is InChI=1S/C13H18ClF2N3O3S.2ClH/c14-11-9-10(1-2-12(11)22-13(15)16)23(20,21)18-5-8-19-6-3-17-4-7-19;;/h1-2,9,13,17-18H,3-8H2;2*1H. The van der Waals surface area contributed by atoms with E-state index >= 15 is 0 Å². The molecule has 1 aromatic rings. The van der Waals surface area contributed by atoms with Crippen molar-refractivity contribution < 1.29 is 21.9 Å². The first-order chi connectivity index (χ1) is 10.9. The highest BCUT2D eigenvalue weighted by Gasteiger charge is 2.18. The lowest BCUT2D eigenvalue weighted by atomic mass is 10.3. The molecule has 0 aromatic heterocycles. The maximum absolute atomic E-state index is 12.2. The number of nitrogens with zero attached hydrogens (tertiary/aromatic N) is 1. The van der Waals surface area contributed by atoms with Crippen LogP contribution in [0.15, 0.2) is 23.1 Å². The molecule has 0 spiro atoms. The minimum Gasteiger partial charge on any atom is -0.433 e. The summed E-state index contributed by atoms with van der Waals surface area (Å²) in [6.07, 6.45) is 0. The van der Waals surface area contributed by atoms with Gasteiger partial charge >= 0.3 is 6.61 Å². The normalized spacial score (nSPS) is 15.4. The zero-order valence-electron chi connectivity index (χ0n) is 13.1. The first-order valence-electron chi connectivity index (χ1n) is 7.05. The smallest absolute Gasteiger partial charge is 0.387 e. The Morgan fingerprint density at radius 1 is 1.28 bits per heavy atom. The van der Waals surface area contributed by atoms with Crippen molar-refractivity contribution >= 4 is 46.4 Å². The van der Waals surface area contributed by atoms with Gasteiger partial charge < -0.3 is 10.1 Å². The number of benzene rings is 1. The van der Waals surface area contributed by atoms with Gasteiger partial charge in [0.15, 0.2) is 0 Å². The molecule has 1 saturated heterocycles. The molecule has 1 aliphatic rings. The Morgan fingerprint density at radius 2 is 1.92 bits per heavy atom. The largest absolute Gasteiger partial charge is 0.433 e. The topological polar surface area (TPSA) is 70.7 Å². The Bertz CT molecular complexity index is 632. The van der Waals surface area contributed by atoms with Gasteiger partial charge in [0.1, 0.15) is 5.75 Å². The van der Waals surface area contributed by atoms with Gasteiger partial charge in [0.05, 0.1) is 9.92 Å². The van der Waals surface area contributed by atoms with E-state index in [4.69, 9.17) is 11.6 Å². The molecular weight excluding hydrogens is 423 g/mol. The summed E-state index contributed by atoms with van der Waals surface area (Å²) in [4.78, 5) is 2.05. The SMILES string of the molecule is Cl.Cl.O=S(=O)(NCCN1CCNCC1)c1ccc(OC(F)F)c(Cl)c1. The molecule has 1 aromatic carbocycles. The van der Waals surface area contributed by atoms with E-state index in [1.165, 1.54) is 6.07 Å². The average molecular weight is 443 g/mol. The highest BCUT2D eigenvalue weighted by atomic mass is 35.5. The van der Waals surface area contributed by atoms with Crippen LogP contribution in [0.2, 0.25) is 5.02 Å². The summed E-state index contributed by atoms with van der Waals surface area (Å²) in [7, 11) is -3.75. The van der Waals surface area contributed by atoms with E-state index in [0.29, 0.717) is 6.54 Å². The molecule has 12 heteroatoms. The van der Waals surface area contributed by atoms with Crippen LogP contribution in [0, 0.1) is 0 Å². The predicted molar refractivity (Wildman–Crippen MR) is 97.1 cm³/mol. The Labute approximate surface area is 163 Å². The number of piperazine rings is 1. The van der Waals surface area contributed by atoms with Crippen LogP contribution in [-0.4, -0.2) is 59.2 Å². The maximum atomic E-state index is 12.2. The lowest BCUT2D eigenvalue weighted by Gasteiger charge is -2.27. The molecule has 146 valence electrons. The van der Waals surface area contributed by atoms with Gasteiger partial charge in [-0.05, 0) is 18.2 Å². The number of alkyl halides is 2. The Hall–Kier alpha value is -0.420. The van der Waals surface area contributed by atoms with Crippen LogP contribution in [0.3, 0.4) is 0 Å². The number of hydrogen-bond donors (Lipinski definition) is 2. The molecule has 0 unspecified atom stereocenters. The summed E-state index contributed by atoms with van der Waals surface area (Å²) in [6.45, 7) is 1.34. The van der Waals surface area contributed by atoms with E-state index in [1.54, 1.807) is 0 Å². The van der Waals surface area contributed by atoms with Crippen molar-refractivity contribution in [2.24, 2.45) is 0 Å². The van der Waals surface area contributed by atoms with Crippen LogP contribution in [-0.2, 0) is 10.0 Å². The molecule has 25 heavy (non-hydrogen) atoms. The summed E-state index contributed by atoms with van der Waals surface area (Å²) in [5.74, 6) is -0.263. The van der Waals surface area contributed by atoms with Crippen molar-refractivity contribution in [3.8, 4) is 5.75 Å². The Morgan fingerprint density at radius 3 is 2.48 bits per heavy atom. The molecule has 2 N–H and O–H groups in total. The highest BCUT2D eigenvalue weighted by molar-refractivity contribution is 7.89. The van der Waals surface area contributed by atoms with Crippen molar-refractivity contribution in [3.05, 3.63) is 23.2 Å². The molecule has 1 aliphatic heterocycles. The Balaban J connectivity index is 0.00000288.